The lowest BCUT2D eigenvalue weighted by Crippen LogP contribution is -2.43. The molecule has 0 spiro atoms. The third kappa shape index (κ3) is 4.09. The molecule has 1 aliphatic rings. The minimum absolute atomic E-state index is 0.328. The van der Waals surface area contributed by atoms with Crippen LogP contribution in [0.2, 0.25) is 0 Å². The van der Waals surface area contributed by atoms with Gasteiger partial charge in [-0.3, -0.25) is 0 Å². The van der Waals surface area contributed by atoms with Crippen molar-refractivity contribution in [2.45, 2.75) is 11.3 Å². The monoisotopic (exact) mass is 445 g/mol. The maximum atomic E-state index is 13.0. The Kier molecular flexibility index (Phi) is 5.83. The Labute approximate surface area is 189 Å². The van der Waals surface area contributed by atoms with E-state index in [0.29, 0.717) is 17.9 Å². The Morgan fingerprint density at radius 2 is 1.47 bits per heavy atom. The molecule has 1 saturated heterocycles. The number of fused-ring (bicyclic) bond motifs is 2. The SMILES string of the molecule is O=S(=O)(NCCc1ccc(N2CCNCC2)c2ccccc12)c1cccc2ccccc12. The Hall–Kier alpha value is -2.93. The van der Waals surface area contributed by atoms with Crippen molar-refractivity contribution >= 4 is 37.3 Å². The van der Waals surface area contributed by atoms with E-state index in [2.05, 4.69) is 45.3 Å². The molecule has 0 radical (unpaired) electrons. The van der Waals surface area contributed by atoms with Gasteiger partial charge in [-0.2, -0.15) is 0 Å². The first kappa shape index (κ1) is 20.9. The second-order valence-electron chi connectivity index (χ2n) is 8.15. The van der Waals surface area contributed by atoms with Gasteiger partial charge in [0.1, 0.15) is 0 Å². The van der Waals surface area contributed by atoms with Gasteiger partial charge in [0.15, 0.2) is 0 Å². The van der Waals surface area contributed by atoms with E-state index in [0.717, 1.165) is 42.5 Å². The summed E-state index contributed by atoms with van der Waals surface area (Å²) in [5.74, 6) is 0. The molecular formula is C26H27N3O2S. The number of rotatable bonds is 6. The highest BCUT2D eigenvalue weighted by Gasteiger charge is 2.18. The molecule has 0 atom stereocenters. The fourth-order valence-electron chi connectivity index (χ4n) is 4.57. The van der Waals surface area contributed by atoms with E-state index >= 15 is 0 Å². The first-order valence-electron chi connectivity index (χ1n) is 11.1. The molecule has 164 valence electrons. The van der Waals surface area contributed by atoms with Crippen molar-refractivity contribution in [2.75, 3.05) is 37.6 Å². The van der Waals surface area contributed by atoms with E-state index in [9.17, 15) is 8.42 Å². The van der Waals surface area contributed by atoms with E-state index in [4.69, 9.17) is 0 Å². The molecule has 6 heteroatoms. The Bertz CT molecular complexity index is 1360. The zero-order valence-corrected chi connectivity index (χ0v) is 18.7. The number of hydrogen-bond acceptors (Lipinski definition) is 4. The summed E-state index contributed by atoms with van der Waals surface area (Å²) in [6.45, 7) is 4.32. The van der Waals surface area contributed by atoms with Gasteiger partial charge in [0.05, 0.1) is 4.90 Å². The van der Waals surface area contributed by atoms with Crippen LogP contribution in [0.5, 0.6) is 0 Å². The number of nitrogens with zero attached hydrogens (tertiary/aromatic N) is 1. The van der Waals surface area contributed by atoms with Crippen molar-refractivity contribution in [1.29, 1.82) is 0 Å². The Morgan fingerprint density at radius 3 is 2.28 bits per heavy atom. The summed E-state index contributed by atoms with van der Waals surface area (Å²) in [4.78, 5) is 2.75. The summed E-state index contributed by atoms with van der Waals surface area (Å²) in [6, 6.07) is 25.7. The van der Waals surface area contributed by atoms with Crippen LogP contribution in [0, 0.1) is 0 Å². The van der Waals surface area contributed by atoms with Crippen LogP contribution in [0.1, 0.15) is 5.56 Å². The summed E-state index contributed by atoms with van der Waals surface area (Å²) in [5, 5.41) is 7.48. The molecule has 0 saturated carbocycles. The van der Waals surface area contributed by atoms with Crippen molar-refractivity contribution < 1.29 is 8.42 Å². The minimum Gasteiger partial charge on any atom is -0.368 e. The van der Waals surface area contributed by atoms with Crippen molar-refractivity contribution in [3.63, 3.8) is 0 Å². The smallest absolute Gasteiger partial charge is 0.241 e. The Morgan fingerprint density at radius 1 is 0.781 bits per heavy atom. The molecule has 5 rings (SSSR count). The van der Waals surface area contributed by atoms with Gasteiger partial charge in [-0.05, 0) is 34.9 Å². The molecule has 5 nitrogen and oxygen atoms in total. The molecule has 4 aromatic carbocycles. The molecule has 0 aromatic heterocycles. The lowest BCUT2D eigenvalue weighted by atomic mass is 10.00. The average Bonchev–Trinajstić information content (AvgIpc) is 2.84. The lowest BCUT2D eigenvalue weighted by molar-refractivity contribution is 0.582. The fourth-order valence-corrected chi connectivity index (χ4v) is 5.83. The number of piperazine rings is 1. The molecule has 0 unspecified atom stereocenters. The normalized spacial score (nSPS) is 14.8. The van der Waals surface area contributed by atoms with E-state index in [1.54, 1.807) is 12.1 Å². The van der Waals surface area contributed by atoms with E-state index < -0.39 is 10.0 Å². The summed E-state index contributed by atoms with van der Waals surface area (Å²) in [6.07, 6.45) is 0.631. The van der Waals surface area contributed by atoms with Crippen LogP contribution in [0.4, 0.5) is 5.69 Å². The van der Waals surface area contributed by atoms with Crippen molar-refractivity contribution in [3.8, 4) is 0 Å². The number of sulfonamides is 1. The first-order chi connectivity index (χ1) is 15.6. The summed E-state index contributed by atoms with van der Waals surface area (Å²) < 4.78 is 28.9. The van der Waals surface area contributed by atoms with Gasteiger partial charge in [0.2, 0.25) is 10.0 Å². The average molecular weight is 446 g/mol. The van der Waals surface area contributed by atoms with Crippen LogP contribution in [-0.2, 0) is 16.4 Å². The molecule has 0 bridgehead atoms. The first-order valence-corrected chi connectivity index (χ1v) is 12.6. The summed E-state index contributed by atoms with van der Waals surface area (Å²) in [7, 11) is -3.60. The maximum absolute atomic E-state index is 13.0. The molecule has 4 aromatic rings. The molecular weight excluding hydrogens is 418 g/mol. The molecule has 2 N–H and O–H groups in total. The lowest BCUT2D eigenvalue weighted by Gasteiger charge is -2.30. The van der Waals surface area contributed by atoms with Crippen molar-refractivity contribution in [3.05, 3.63) is 84.4 Å². The van der Waals surface area contributed by atoms with Gasteiger partial charge in [-0.25, -0.2) is 13.1 Å². The minimum atomic E-state index is -3.60. The molecule has 0 amide bonds. The van der Waals surface area contributed by atoms with Crippen LogP contribution >= 0.6 is 0 Å². The van der Waals surface area contributed by atoms with Gasteiger partial charge < -0.3 is 10.2 Å². The van der Waals surface area contributed by atoms with E-state index in [1.807, 2.05) is 36.4 Å². The second-order valence-corrected chi connectivity index (χ2v) is 9.89. The predicted octanol–water partition coefficient (Wildman–Crippen LogP) is 3.92. The molecule has 0 aliphatic carbocycles. The van der Waals surface area contributed by atoms with Gasteiger partial charge in [-0.15, -0.1) is 0 Å². The largest absolute Gasteiger partial charge is 0.368 e. The van der Waals surface area contributed by atoms with Crippen LogP contribution < -0.4 is 14.9 Å². The topological polar surface area (TPSA) is 61.4 Å². The Balaban J connectivity index is 1.37. The highest BCUT2D eigenvalue weighted by Crippen LogP contribution is 2.30. The second kappa shape index (κ2) is 8.90. The number of anilines is 1. The van der Waals surface area contributed by atoms with Gasteiger partial charge >= 0.3 is 0 Å². The number of benzene rings is 4. The fraction of sp³-hybridized carbons (Fsp3) is 0.231. The van der Waals surface area contributed by atoms with Gasteiger partial charge in [0, 0.05) is 49.2 Å². The third-order valence-electron chi connectivity index (χ3n) is 6.17. The maximum Gasteiger partial charge on any atom is 0.241 e. The zero-order chi connectivity index (χ0) is 22.0. The number of nitrogens with one attached hydrogen (secondary N) is 2. The standard InChI is InChI=1S/C26H27N3O2S/c30-32(31,26-11-5-7-20-6-1-2-9-23(20)26)28-15-14-21-12-13-25(29-18-16-27-17-19-29)24-10-4-3-8-22(21)24/h1-13,27-28H,14-19H2. The number of hydrogen-bond donors (Lipinski definition) is 2. The van der Waals surface area contributed by atoms with Crippen LogP contribution in [0.3, 0.4) is 0 Å². The molecule has 1 heterocycles. The predicted molar refractivity (Wildman–Crippen MR) is 132 cm³/mol. The quantitative estimate of drug-likeness (QED) is 0.472. The molecule has 1 fully saturated rings. The molecule has 32 heavy (non-hydrogen) atoms. The third-order valence-corrected chi connectivity index (χ3v) is 7.69. The van der Waals surface area contributed by atoms with Crippen LogP contribution in [-0.4, -0.2) is 41.1 Å². The van der Waals surface area contributed by atoms with Crippen molar-refractivity contribution in [1.82, 2.24) is 10.0 Å². The van der Waals surface area contributed by atoms with Gasteiger partial charge in [-0.1, -0.05) is 66.7 Å². The highest BCUT2D eigenvalue weighted by molar-refractivity contribution is 7.89. The van der Waals surface area contributed by atoms with E-state index in [-0.39, 0.29) is 0 Å². The van der Waals surface area contributed by atoms with Gasteiger partial charge in [0.25, 0.3) is 0 Å². The zero-order valence-electron chi connectivity index (χ0n) is 17.9. The van der Waals surface area contributed by atoms with E-state index in [1.165, 1.54) is 16.5 Å². The van der Waals surface area contributed by atoms with Crippen LogP contribution in [0.15, 0.2) is 83.8 Å². The summed E-state index contributed by atoms with van der Waals surface area (Å²) in [5.41, 5.74) is 2.40. The van der Waals surface area contributed by atoms with Crippen LogP contribution in [0.25, 0.3) is 21.5 Å². The summed E-state index contributed by atoms with van der Waals surface area (Å²) >= 11 is 0. The molecule has 1 aliphatic heterocycles. The highest BCUT2D eigenvalue weighted by atomic mass is 32.2. The van der Waals surface area contributed by atoms with Crippen molar-refractivity contribution in [2.24, 2.45) is 0 Å².